The maximum absolute atomic E-state index is 13.6. The summed E-state index contributed by atoms with van der Waals surface area (Å²) in [4.78, 5) is 37.3. The molecule has 1 aliphatic rings. The van der Waals surface area contributed by atoms with E-state index in [-0.39, 0.29) is 36.5 Å². The number of carbonyl (C=O) groups is 3. The van der Waals surface area contributed by atoms with Gasteiger partial charge in [-0.2, -0.15) is 0 Å². The van der Waals surface area contributed by atoms with Gasteiger partial charge in [-0.15, -0.1) is 0 Å². The average Bonchev–Trinajstić information content (AvgIpc) is 2.61. The number of nitrogens with one attached hydrogen (secondary N) is 2. The van der Waals surface area contributed by atoms with E-state index >= 15 is 0 Å². The number of halogens is 2. The smallest absolute Gasteiger partial charge is 0.265 e. The Morgan fingerprint density at radius 1 is 1.31 bits per heavy atom. The molecule has 1 aromatic carbocycles. The van der Waals surface area contributed by atoms with Crippen molar-refractivity contribution in [2.75, 3.05) is 36.5 Å². The van der Waals surface area contributed by atoms with E-state index in [1.54, 1.807) is 0 Å². The van der Waals surface area contributed by atoms with Crippen molar-refractivity contribution < 1.29 is 27.9 Å². The van der Waals surface area contributed by atoms with Crippen molar-refractivity contribution in [3.8, 4) is 0 Å². The summed E-state index contributed by atoms with van der Waals surface area (Å²) in [5.41, 5.74) is 4.81. The van der Waals surface area contributed by atoms with Gasteiger partial charge in [0, 0.05) is 24.3 Å². The molecule has 0 aliphatic carbocycles. The van der Waals surface area contributed by atoms with E-state index in [0.29, 0.717) is 6.54 Å². The number of amides is 3. The summed E-state index contributed by atoms with van der Waals surface area (Å²) in [6.45, 7) is 6.30. The van der Waals surface area contributed by atoms with Crippen molar-refractivity contribution >= 4 is 29.1 Å². The second kappa shape index (κ2) is 9.27. The lowest BCUT2D eigenvalue weighted by atomic mass is 9.96. The van der Waals surface area contributed by atoms with Gasteiger partial charge in [0.25, 0.3) is 18.2 Å². The summed E-state index contributed by atoms with van der Waals surface area (Å²) >= 11 is 0. The van der Waals surface area contributed by atoms with Crippen LogP contribution in [0.3, 0.4) is 0 Å². The fourth-order valence-corrected chi connectivity index (χ4v) is 2.77. The van der Waals surface area contributed by atoms with Crippen molar-refractivity contribution in [1.29, 1.82) is 0 Å². The zero-order valence-electron chi connectivity index (χ0n) is 16.6. The molecule has 1 atom stereocenters. The fraction of sp³-hybridized carbons (Fsp3) is 0.526. The Morgan fingerprint density at radius 2 is 2.00 bits per heavy atom. The Labute approximate surface area is 167 Å². The van der Waals surface area contributed by atoms with Gasteiger partial charge in [0.15, 0.2) is 6.04 Å². The van der Waals surface area contributed by atoms with Gasteiger partial charge >= 0.3 is 0 Å². The van der Waals surface area contributed by atoms with E-state index in [2.05, 4.69) is 10.6 Å². The maximum atomic E-state index is 13.6. The Morgan fingerprint density at radius 3 is 2.55 bits per heavy atom. The number of ether oxygens (including phenoxy) is 1. The van der Waals surface area contributed by atoms with Crippen LogP contribution in [-0.4, -0.2) is 50.1 Å². The average molecular weight is 412 g/mol. The number of primary amides is 1. The zero-order chi connectivity index (χ0) is 21.8. The van der Waals surface area contributed by atoms with Crippen LogP contribution in [0.4, 0.5) is 20.2 Å². The van der Waals surface area contributed by atoms with Crippen LogP contribution in [-0.2, 0) is 19.1 Å². The number of hydrogen-bond acceptors (Lipinski definition) is 5. The number of rotatable bonds is 7. The van der Waals surface area contributed by atoms with Crippen molar-refractivity contribution in [3.05, 3.63) is 23.8 Å². The van der Waals surface area contributed by atoms with Crippen molar-refractivity contribution in [1.82, 2.24) is 5.32 Å². The van der Waals surface area contributed by atoms with Crippen molar-refractivity contribution in [2.24, 2.45) is 11.1 Å². The number of morpholine rings is 1. The molecule has 1 heterocycles. The zero-order valence-corrected chi connectivity index (χ0v) is 16.6. The number of hydrogen-bond donors (Lipinski definition) is 3. The first-order valence-electron chi connectivity index (χ1n) is 9.13. The highest BCUT2D eigenvalue weighted by molar-refractivity contribution is 6.09. The Hall–Kier alpha value is -2.59. The lowest BCUT2D eigenvalue weighted by Crippen LogP contribution is -2.51. The maximum Gasteiger partial charge on any atom is 0.265 e. The largest absolute Gasteiger partial charge is 0.370 e. The molecule has 10 heteroatoms. The Balaban J connectivity index is 2.21. The van der Waals surface area contributed by atoms with Gasteiger partial charge in [0.1, 0.15) is 6.61 Å². The molecule has 0 unspecified atom stereocenters. The molecule has 8 nitrogen and oxygen atoms in total. The first kappa shape index (κ1) is 22.7. The third-order valence-electron chi connectivity index (χ3n) is 4.19. The van der Waals surface area contributed by atoms with Crippen LogP contribution in [0.5, 0.6) is 0 Å². The molecule has 2 rings (SSSR count). The van der Waals surface area contributed by atoms with E-state index in [0.717, 1.165) is 6.07 Å². The standard InChI is InChI=1S/C19H26F2N4O4/c1-19(2,3)10-23-15(17(22)27)18(28)24-11-4-5-13(12(8-11)16(20)21)25-6-7-29-9-14(25)26/h4-5,8,15-16,23H,6-7,9-10H2,1-3H3,(H2,22,27)(H,24,28)/t15-/m0/s1. The third kappa shape index (κ3) is 6.20. The van der Waals surface area contributed by atoms with Crippen LogP contribution in [0.1, 0.15) is 32.8 Å². The molecule has 0 spiro atoms. The molecule has 3 amide bonds. The minimum atomic E-state index is -2.87. The third-order valence-corrected chi connectivity index (χ3v) is 4.19. The molecule has 0 aromatic heterocycles. The predicted molar refractivity (Wildman–Crippen MR) is 104 cm³/mol. The summed E-state index contributed by atoms with van der Waals surface area (Å²) in [5, 5.41) is 5.22. The molecule has 29 heavy (non-hydrogen) atoms. The number of benzene rings is 1. The second-order valence-electron chi connectivity index (χ2n) is 7.94. The highest BCUT2D eigenvalue weighted by Gasteiger charge is 2.28. The molecule has 0 radical (unpaired) electrons. The molecule has 1 aromatic rings. The van der Waals surface area contributed by atoms with E-state index in [1.807, 2.05) is 20.8 Å². The lowest BCUT2D eigenvalue weighted by molar-refractivity contribution is -0.128. The first-order chi connectivity index (χ1) is 13.5. The molecule has 1 saturated heterocycles. The summed E-state index contributed by atoms with van der Waals surface area (Å²) < 4.78 is 32.2. The molecule has 160 valence electrons. The molecular formula is C19H26F2N4O4. The minimum Gasteiger partial charge on any atom is -0.370 e. The molecule has 1 fully saturated rings. The van der Waals surface area contributed by atoms with Crippen molar-refractivity contribution in [2.45, 2.75) is 33.2 Å². The van der Waals surface area contributed by atoms with Crippen molar-refractivity contribution in [3.63, 3.8) is 0 Å². The first-order valence-corrected chi connectivity index (χ1v) is 9.13. The number of nitrogens with two attached hydrogens (primary N) is 1. The minimum absolute atomic E-state index is 0.0589. The van der Waals surface area contributed by atoms with Gasteiger partial charge in [-0.3, -0.25) is 19.7 Å². The molecular weight excluding hydrogens is 386 g/mol. The summed E-state index contributed by atoms with van der Waals surface area (Å²) in [6, 6.07) is 2.50. The quantitative estimate of drug-likeness (QED) is 0.586. The number of carbonyl (C=O) groups excluding carboxylic acids is 3. The number of alkyl halides is 2. The monoisotopic (exact) mass is 412 g/mol. The summed E-state index contributed by atoms with van der Waals surface area (Å²) in [5.74, 6) is -2.05. The molecule has 0 bridgehead atoms. The van der Waals surface area contributed by atoms with Crippen LogP contribution in [0.2, 0.25) is 0 Å². The number of anilines is 2. The SMILES string of the molecule is CC(C)(C)CN[C@@H](C(N)=O)C(=O)Nc1ccc(N2CCOCC2=O)c(C(F)F)c1. The van der Waals surface area contributed by atoms with Crippen LogP contribution >= 0.6 is 0 Å². The molecule has 1 aliphatic heterocycles. The highest BCUT2D eigenvalue weighted by atomic mass is 19.3. The van der Waals surface area contributed by atoms with Crippen LogP contribution < -0.4 is 21.3 Å². The normalized spacial score (nSPS) is 16.1. The van der Waals surface area contributed by atoms with Gasteiger partial charge < -0.3 is 20.7 Å². The molecule has 0 saturated carbocycles. The topological polar surface area (TPSA) is 114 Å². The Kier molecular flexibility index (Phi) is 7.26. The number of nitrogens with zero attached hydrogens (tertiary/aromatic N) is 1. The molecule has 4 N–H and O–H groups in total. The van der Waals surface area contributed by atoms with Crippen LogP contribution in [0.25, 0.3) is 0 Å². The van der Waals surface area contributed by atoms with E-state index in [4.69, 9.17) is 10.5 Å². The highest BCUT2D eigenvalue weighted by Crippen LogP contribution is 2.33. The van der Waals surface area contributed by atoms with Crippen LogP contribution in [0.15, 0.2) is 18.2 Å². The fourth-order valence-electron chi connectivity index (χ4n) is 2.77. The lowest BCUT2D eigenvalue weighted by Gasteiger charge is -2.29. The van der Waals surface area contributed by atoms with E-state index in [1.165, 1.54) is 17.0 Å². The summed E-state index contributed by atoms with van der Waals surface area (Å²) in [7, 11) is 0. The van der Waals surface area contributed by atoms with E-state index < -0.39 is 35.8 Å². The predicted octanol–water partition coefficient (Wildman–Crippen LogP) is 1.42. The van der Waals surface area contributed by atoms with Gasteiger partial charge in [-0.1, -0.05) is 20.8 Å². The summed E-state index contributed by atoms with van der Waals surface area (Å²) in [6.07, 6.45) is -2.87. The Bertz CT molecular complexity index is 780. The van der Waals surface area contributed by atoms with E-state index in [9.17, 15) is 23.2 Å². The van der Waals surface area contributed by atoms with Crippen LogP contribution in [0, 0.1) is 5.41 Å². The van der Waals surface area contributed by atoms with Gasteiger partial charge in [0.05, 0.1) is 12.3 Å². The second-order valence-corrected chi connectivity index (χ2v) is 7.94. The van der Waals surface area contributed by atoms with Gasteiger partial charge in [-0.05, 0) is 23.6 Å². The van der Waals surface area contributed by atoms with Gasteiger partial charge in [-0.25, -0.2) is 8.78 Å². The van der Waals surface area contributed by atoms with Gasteiger partial charge in [0.2, 0.25) is 5.91 Å².